The van der Waals surface area contributed by atoms with Gasteiger partial charge in [-0.05, 0) is 79.1 Å². The Morgan fingerprint density at radius 2 is 1.87 bits per heavy atom. The van der Waals surface area contributed by atoms with Crippen molar-refractivity contribution in [2.45, 2.75) is 57.3 Å². The number of halogens is 1. The first kappa shape index (κ1) is 21.7. The molecule has 1 aliphatic carbocycles. The summed E-state index contributed by atoms with van der Waals surface area (Å²) in [7, 11) is 1.31. The number of nitrogens with one attached hydrogen (secondary N) is 3. The number of fused-ring (bicyclic) bond motifs is 1. The van der Waals surface area contributed by atoms with Crippen LogP contribution < -0.4 is 16.0 Å². The first-order valence-corrected chi connectivity index (χ1v) is 10.9. The smallest absolute Gasteiger partial charge is 0.330 e. The molecule has 0 bridgehead atoms. The molecule has 1 atom stereocenters. The maximum absolute atomic E-state index is 13.4. The number of ether oxygens (including phenoxy) is 1. The van der Waals surface area contributed by atoms with Crippen LogP contribution in [0.15, 0.2) is 36.4 Å². The number of carbonyl (C=O) groups is 2. The van der Waals surface area contributed by atoms with Crippen LogP contribution in [0, 0.1) is 0 Å². The van der Waals surface area contributed by atoms with E-state index in [1.54, 1.807) is 13.8 Å². The highest BCUT2D eigenvalue weighted by atomic mass is 35.5. The van der Waals surface area contributed by atoms with Crippen molar-refractivity contribution in [3.8, 4) is 0 Å². The first-order valence-electron chi connectivity index (χ1n) is 10.6. The number of esters is 1. The fourth-order valence-corrected chi connectivity index (χ4v) is 4.24. The van der Waals surface area contributed by atoms with Gasteiger partial charge >= 0.3 is 5.97 Å². The van der Waals surface area contributed by atoms with Gasteiger partial charge in [0.05, 0.1) is 7.11 Å². The molecule has 1 aliphatic heterocycles. The lowest BCUT2D eigenvalue weighted by Gasteiger charge is -2.28. The molecule has 0 radical (unpaired) electrons. The number of amides is 1. The van der Waals surface area contributed by atoms with Crippen molar-refractivity contribution >= 4 is 29.2 Å². The summed E-state index contributed by atoms with van der Waals surface area (Å²) >= 11 is 6.41. The Hall–Kier alpha value is -2.57. The molecule has 4 rings (SSSR count). The number of hydrogen-bond acceptors (Lipinski definition) is 5. The Bertz CT molecular complexity index is 1020. The largest absolute Gasteiger partial charge is 0.467 e. The van der Waals surface area contributed by atoms with Crippen molar-refractivity contribution < 1.29 is 14.3 Å². The molecule has 0 aromatic heterocycles. The molecule has 0 saturated heterocycles. The molecule has 1 amide bonds. The zero-order valence-electron chi connectivity index (χ0n) is 18.0. The number of hydrogen-bond donors (Lipinski definition) is 3. The summed E-state index contributed by atoms with van der Waals surface area (Å²) in [6, 6.07) is 11.2. The predicted octanol–water partition coefficient (Wildman–Crippen LogP) is 4.04. The fraction of sp³-hybridized carbons (Fsp3) is 0.417. The van der Waals surface area contributed by atoms with Gasteiger partial charge in [-0.25, -0.2) is 4.79 Å². The average Bonchev–Trinajstić information content (AvgIpc) is 3.48. The van der Waals surface area contributed by atoms with Crippen LogP contribution in [0.3, 0.4) is 0 Å². The maximum Gasteiger partial charge on any atom is 0.330 e. The molecule has 7 heteroatoms. The van der Waals surface area contributed by atoms with Crippen molar-refractivity contribution in [2.75, 3.05) is 12.4 Å². The second kappa shape index (κ2) is 8.52. The first-order chi connectivity index (χ1) is 14.8. The van der Waals surface area contributed by atoms with E-state index in [0.717, 1.165) is 42.7 Å². The molecule has 3 N–H and O–H groups in total. The molecule has 6 nitrogen and oxygen atoms in total. The Balaban J connectivity index is 1.66. The summed E-state index contributed by atoms with van der Waals surface area (Å²) in [5, 5.41) is 10.1. The third kappa shape index (κ3) is 4.86. The Morgan fingerprint density at radius 3 is 2.58 bits per heavy atom. The number of methoxy groups -OCH3 is 1. The van der Waals surface area contributed by atoms with Gasteiger partial charge in [-0.3, -0.25) is 4.79 Å². The van der Waals surface area contributed by atoms with Crippen LogP contribution in [0.1, 0.15) is 60.9 Å². The molecule has 164 valence electrons. The highest BCUT2D eigenvalue weighted by Crippen LogP contribution is 2.42. The van der Waals surface area contributed by atoms with Gasteiger partial charge in [0.1, 0.15) is 11.6 Å². The minimum atomic E-state index is -1.16. The van der Waals surface area contributed by atoms with Gasteiger partial charge in [0, 0.05) is 23.8 Å². The number of benzene rings is 2. The van der Waals surface area contributed by atoms with Gasteiger partial charge in [0.2, 0.25) is 5.91 Å². The maximum atomic E-state index is 13.4. The zero-order valence-corrected chi connectivity index (χ0v) is 18.8. The Labute approximate surface area is 187 Å². The summed E-state index contributed by atoms with van der Waals surface area (Å²) in [6.07, 6.45) is 2.27. The van der Waals surface area contributed by atoms with Gasteiger partial charge < -0.3 is 20.7 Å². The van der Waals surface area contributed by atoms with E-state index in [-0.39, 0.29) is 5.91 Å². The molecule has 2 aromatic carbocycles. The van der Waals surface area contributed by atoms with Crippen LogP contribution in [-0.4, -0.2) is 24.5 Å². The normalized spacial score (nSPS) is 16.4. The molecule has 0 unspecified atom stereocenters. The van der Waals surface area contributed by atoms with Crippen LogP contribution in [0.2, 0.25) is 5.02 Å². The predicted molar refractivity (Wildman–Crippen MR) is 121 cm³/mol. The minimum absolute atomic E-state index is 0.321. The monoisotopic (exact) mass is 441 g/mol. The molecule has 1 fully saturated rings. The van der Waals surface area contributed by atoms with Gasteiger partial charge in [-0.1, -0.05) is 23.7 Å². The van der Waals surface area contributed by atoms with Gasteiger partial charge in [-0.2, -0.15) is 0 Å². The van der Waals surface area contributed by atoms with E-state index in [2.05, 4.69) is 28.1 Å². The van der Waals surface area contributed by atoms with Crippen molar-refractivity contribution in [1.29, 1.82) is 0 Å². The topological polar surface area (TPSA) is 79.5 Å². The van der Waals surface area contributed by atoms with Crippen LogP contribution in [0.25, 0.3) is 0 Å². The van der Waals surface area contributed by atoms with Crippen molar-refractivity contribution in [3.63, 3.8) is 0 Å². The van der Waals surface area contributed by atoms with Crippen molar-refractivity contribution in [2.24, 2.45) is 0 Å². The lowest BCUT2D eigenvalue weighted by Crippen LogP contribution is -2.52. The highest BCUT2D eigenvalue weighted by Gasteiger charge is 2.34. The summed E-state index contributed by atoms with van der Waals surface area (Å²) in [5.41, 5.74) is 4.07. The number of rotatable bonds is 7. The van der Waals surface area contributed by atoms with E-state index >= 15 is 0 Å². The van der Waals surface area contributed by atoms with E-state index in [1.165, 1.54) is 18.2 Å². The summed E-state index contributed by atoms with van der Waals surface area (Å²) in [6.45, 7) is 4.91. The van der Waals surface area contributed by atoms with Gasteiger partial charge in [0.25, 0.3) is 0 Å². The average molecular weight is 442 g/mol. The molecular weight excluding hydrogens is 414 g/mol. The van der Waals surface area contributed by atoms with Crippen LogP contribution >= 0.6 is 11.6 Å². The lowest BCUT2D eigenvalue weighted by atomic mass is 9.98. The second-order valence-electron chi connectivity index (χ2n) is 8.86. The Morgan fingerprint density at radius 1 is 1.13 bits per heavy atom. The number of carbonyl (C=O) groups excluding carboxylic acids is 2. The van der Waals surface area contributed by atoms with Crippen molar-refractivity contribution in [1.82, 2.24) is 10.6 Å². The zero-order chi connectivity index (χ0) is 22.2. The van der Waals surface area contributed by atoms with E-state index in [1.807, 2.05) is 24.3 Å². The van der Waals surface area contributed by atoms with Crippen LogP contribution in [0.5, 0.6) is 0 Å². The van der Waals surface area contributed by atoms with Crippen LogP contribution in [-0.2, 0) is 27.4 Å². The molecule has 2 aromatic rings. The van der Waals surface area contributed by atoms with E-state index < -0.39 is 17.6 Å². The molecule has 1 saturated carbocycles. The Kier molecular flexibility index (Phi) is 5.95. The minimum Gasteiger partial charge on any atom is -0.467 e. The molecule has 1 heterocycles. The molecule has 0 spiro atoms. The quantitative estimate of drug-likeness (QED) is 0.565. The second-order valence-corrected chi connectivity index (χ2v) is 9.30. The van der Waals surface area contributed by atoms with Crippen molar-refractivity contribution in [3.05, 3.63) is 63.7 Å². The van der Waals surface area contributed by atoms with Gasteiger partial charge in [0.15, 0.2) is 0 Å². The SMILES string of the molecule is COC(=O)C(C)(C)NC(=O)[C@H](Nc1ccc2c(c1)CNC2)c1cc(Cl)cc(C2CC2)c1. The molecule has 2 aliphatic rings. The fourth-order valence-electron chi connectivity index (χ4n) is 3.99. The third-order valence-electron chi connectivity index (χ3n) is 5.87. The number of anilines is 1. The summed E-state index contributed by atoms with van der Waals surface area (Å²) in [4.78, 5) is 25.5. The van der Waals surface area contributed by atoms with E-state index in [9.17, 15) is 9.59 Å². The molecular formula is C24H28ClN3O3. The van der Waals surface area contributed by atoms with E-state index in [4.69, 9.17) is 16.3 Å². The summed E-state index contributed by atoms with van der Waals surface area (Å²) < 4.78 is 4.85. The van der Waals surface area contributed by atoms with Crippen LogP contribution in [0.4, 0.5) is 5.69 Å². The standard InChI is InChI=1S/C24H28ClN3O3/c1-24(2,23(30)31-3)28-22(29)21(17-8-16(14-4-5-14)9-19(25)10-17)27-20-7-6-15-12-26-13-18(15)11-20/h6-11,14,21,26-27H,4-5,12-13H2,1-3H3,(H,28,29)/t21-/m1/s1. The highest BCUT2D eigenvalue weighted by molar-refractivity contribution is 6.30. The molecule has 31 heavy (non-hydrogen) atoms. The lowest BCUT2D eigenvalue weighted by molar-refractivity contribution is -0.149. The van der Waals surface area contributed by atoms with E-state index in [0.29, 0.717) is 10.9 Å². The third-order valence-corrected chi connectivity index (χ3v) is 6.08. The summed E-state index contributed by atoms with van der Waals surface area (Å²) in [5.74, 6) is -0.329. The van der Waals surface area contributed by atoms with Gasteiger partial charge in [-0.15, -0.1) is 0 Å².